The van der Waals surface area contributed by atoms with E-state index in [1.807, 2.05) is 25.1 Å². The van der Waals surface area contributed by atoms with Gasteiger partial charge in [-0.15, -0.1) is 0 Å². The molecule has 1 aromatic rings. The Hall–Kier alpha value is -1.06. The molecule has 108 valence electrons. The third-order valence-corrected chi connectivity index (χ3v) is 5.12. The molecule has 3 rings (SSSR count). The van der Waals surface area contributed by atoms with Crippen LogP contribution in [0.15, 0.2) is 18.2 Å². The molecule has 4 heteroatoms. The lowest BCUT2D eigenvalue weighted by atomic mass is 10.0. The van der Waals surface area contributed by atoms with Gasteiger partial charge in [0.1, 0.15) is 0 Å². The van der Waals surface area contributed by atoms with Crippen LogP contribution in [-0.2, 0) is 4.79 Å². The van der Waals surface area contributed by atoms with E-state index in [0.717, 1.165) is 36.2 Å². The first kappa shape index (κ1) is 13.9. The van der Waals surface area contributed by atoms with E-state index in [-0.39, 0.29) is 5.91 Å². The second kappa shape index (κ2) is 5.74. The summed E-state index contributed by atoms with van der Waals surface area (Å²) in [7, 11) is 0. The first-order valence-corrected chi connectivity index (χ1v) is 7.78. The Morgan fingerprint density at radius 1 is 1.35 bits per heavy atom. The Kier molecular flexibility index (Phi) is 3.99. The molecule has 1 saturated carbocycles. The molecule has 1 amide bonds. The van der Waals surface area contributed by atoms with Crippen LogP contribution in [-0.4, -0.2) is 30.4 Å². The van der Waals surface area contributed by atoms with E-state index in [2.05, 4.69) is 10.2 Å². The maximum absolute atomic E-state index is 12.2. The van der Waals surface area contributed by atoms with E-state index in [9.17, 15) is 4.79 Å². The van der Waals surface area contributed by atoms with Gasteiger partial charge < -0.3 is 5.32 Å². The van der Waals surface area contributed by atoms with E-state index in [1.54, 1.807) is 0 Å². The van der Waals surface area contributed by atoms with Gasteiger partial charge in [0.2, 0.25) is 5.91 Å². The van der Waals surface area contributed by atoms with E-state index < -0.39 is 0 Å². The van der Waals surface area contributed by atoms with Gasteiger partial charge in [0.25, 0.3) is 0 Å². The Bertz CT molecular complexity index is 505. The standard InChI is InChI=1S/C16H21ClN2O/c1-11-14(17)6-3-7-15(11)18-16(20)10-19-8-12-4-2-5-13(12)9-19/h3,6-7,12-13H,2,4-5,8-10H2,1H3,(H,18,20). The van der Waals surface area contributed by atoms with Crippen LogP contribution in [0.5, 0.6) is 0 Å². The largest absolute Gasteiger partial charge is 0.325 e. The number of hydrogen-bond acceptors (Lipinski definition) is 2. The Morgan fingerprint density at radius 2 is 2.05 bits per heavy atom. The zero-order valence-corrected chi connectivity index (χ0v) is 12.6. The molecule has 0 spiro atoms. The summed E-state index contributed by atoms with van der Waals surface area (Å²) in [5.41, 5.74) is 1.75. The van der Waals surface area contributed by atoms with Gasteiger partial charge >= 0.3 is 0 Å². The lowest BCUT2D eigenvalue weighted by Crippen LogP contribution is -2.32. The summed E-state index contributed by atoms with van der Waals surface area (Å²) in [5, 5.41) is 3.67. The fraction of sp³-hybridized carbons (Fsp3) is 0.562. The van der Waals surface area contributed by atoms with Crippen molar-refractivity contribution in [3.05, 3.63) is 28.8 Å². The van der Waals surface area contributed by atoms with Crippen LogP contribution >= 0.6 is 11.6 Å². The van der Waals surface area contributed by atoms with Crippen molar-refractivity contribution in [3.8, 4) is 0 Å². The number of nitrogens with one attached hydrogen (secondary N) is 1. The summed E-state index contributed by atoms with van der Waals surface area (Å²) >= 11 is 6.07. The molecule has 0 aromatic heterocycles. The summed E-state index contributed by atoms with van der Waals surface area (Å²) in [5.74, 6) is 1.72. The molecule has 1 saturated heterocycles. The van der Waals surface area contributed by atoms with Crippen molar-refractivity contribution in [1.29, 1.82) is 0 Å². The molecule has 2 aliphatic rings. The van der Waals surface area contributed by atoms with E-state index in [4.69, 9.17) is 11.6 Å². The highest BCUT2D eigenvalue weighted by Crippen LogP contribution is 2.37. The molecule has 2 atom stereocenters. The zero-order chi connectivity index (χ0) is 14.1. The second-order valence-corrected chi connectivity index (χ2v) is 6.51. The van der Waals surface area contributed by atoms with Crippen LogP contribution in [0.4, 0.5) is 5.69 Å². The number of likely N-dealkylation sites (tertiary alicyclic amines) is 1. The molecule has 2 unspecified atom stereocenters. The zero-order valence-electron chi connectivity index (χ0n) is 11.9. The number of benzene rings is 1. The highest BCUT2D eigenvalue weighted by Gasteiger charge is 2.36. The number of fused-ring (bicyclic) bond motifs is 1. The third kappa shape index (κ3) is 2.84. The minimum Gasteiger partial charge on any atom is -0.325 e. The minimum atomic E-state index is 0.0651. The number of hydrogen-bond donors (Lipinski definition) is 1. The molecule has 1 heterocycles. The average Bonchev–Trinajstić information content (AvgIpc) is 2.95. The first-order chi connectivity index (χ1) is 9.63. The molecule has 0 radical (unpaired) electrons. The smallest absolute Gasteiger partial charge is 0.238 e. The van der Waals surface area contributed by atoms with Crippen LogP contribution in [0.3, 0.4) is 0 Å². The second-order valence-electron chi connectivity index (χ2n) is 6.11. The predicted molar refractivity (Wildman–Crippen MR) is 82.1 cm³/mol. The quantitative estimate of drug-likeness (QED) is 0.927. The van der Waals surface area contributed by atoms with Crippen LogP contribution in [0.2, 0.25) is 5.02 Å². The SMILES string of the molecule is Cc1c(Cl)cccc1NC(=O)CN1CC2CCCC2C1. The van der Waals surface area contributed by atoms with Crippen molar-refractivity contribution in [1.82, 2.24) is 4.90 Å². The van der Waals surface area contributed by atoms with E-state index >= 15 is 0 Å². The van der Waals surface area contributed by atoms with Crippen molar-refractivity contribution in [2.75, 3.05) is 25.0 Å². The van der Waals surface area contributed by atoms with Crippen LogP contribution in [0, 0.1) is 18.8 Å². The normalized spacial score (nSPS) is 25.7. The Labute approximate surface area is 125 Å². The average molecular weight is 293 g/mol. The van der Waals surface area contributed by atoms with E-state index in [0.29, 0.717) is 11.6 Å². The van der Waals surface area contributed by atoms with Crippen LogP contribution < -0.4 is 5.32 Å². The van der Waals surface area contributed by atoms with Gasteiger partial charge in [-0.25, -0.2) is 0 Å². The van der Waals surface area contributed by atoms with Gasteiger partial charge in [0.15, 0.2) is 0 Å². The highest BCUT2D eigenvalue weighted by molar-refractivity contribution is 6.31. The summed E-state index contributed by atoms with van der Waals surface area (Å²) in [6.07, 6.45) is 4.06. The Morgan fingerprint density at radius 3 is 2.75 bits per heavy atom. The number of amides is 1. The summed E-state index contributed by atoms with van der Waals surface area (Å²) in [4.78, 5) is 14.5. The van der Waals surface area contributed by atoms with Gasteiger partial charge in [0, 0.05) is 23.8 Å². The van der Waals surface area contributed by atoms with Crippen molar-refractivity contribution in [2.24, 2.45) is 11.8 Å². The third-order valence-electron chi connectivity index (χ3n) is 4.71. The van der Waals surface area contributed by atoms with Gasteiger partial charge in [0.05, 0.1) is 6.54 Å². The lowest BCUT2D eigenvalue weighted by Gasteiger charge is -2.17. The highest BCUT2D eigenvalue weighted by atomic mass is 35.5. The molecule has 2 fully saturated rings. The van der Waals surface area contributed by atoms with Crippen molar-refractivity contribution >= 4 is 23.2 Å². The summed E-state index contributed by atoms with van der Waals surface area (Å²) in [6.45, 7) is 4.61. The first-order valence-electron chi connectivity index (χ1n) is 7.41. The van der Waals surface area contributed by atoms with Gasteiger partial charge in [-0.1, -0.05) is 24.1 Å². The van der Waals surface area contributed by atoms with Gasteiger partial charge in [-0.05, 0) is 49.3 Å². The maximum Gasteiger partial charge on any atom is 0.238 e. The molecule has 1 N–H and O–H groups in total. The monoisotopic (exact) mass is 292 g/mol. The minimum absolute atomic E-state index is 0.0651. The maximum atomic E-state index is 12.2. The molecule has 20 heavy (non-hydrogen) atoms. The van der Waals surface area contributed by atoms with Crippen LogP contribution in [0.25, 0.3) is 0 Å². The molecule has 1 aliphatic carbocycles. The number of halogens is 1. The van der Waals surface area contributed by atoms with E-state index in [1.165, 1.54) is 19.3 Å². The van der Waals surface area contributed by atoms with Crippen LogP contribution in [0.1, 0.15) is 24.8 Å². The molecular weight excluding hydrogens is 272 g/mol. The van der Waals surface area contributed by atoms with Crippen molar-refractivity contribution < 1.29 is 4.79 Å². The lowest BCUT2D eigenvalue weighted by molar-refractivity contribution is -0.117. The Balaban J connectivity index is 1.56. The number of nitrogens with zero attached hydrogens (tertiary/aromatic N) is 1. The molecule has 3 nitrogen and oxygen atoms in total. The summed E-state index contributed by atoms with van der Waals surface area (Å²) < 4.78 is 0. The predicted octanol–water partition coefficient (Wildman–Crippen LogP) is 3.32. The van der Waals surface area contributed by atoms with Gasteiger partial charge in [-0.2, -0.15) is 0 Å². The summed E-state index contributed by atoms with van der Waals surface area (Å²) in [6, 6.07) is 5.61. The fourth-order valence-corrected chi connectivity index (χ4v) is 3.77. The molecule has 0 bridgehead atoms. The molecule has 1 aromatic carbocycles. The number of anilines is 1. The fourth-order valence-electron chi connectivity index (χ4n) is 3.60. The molecular formula is C16H21ClN2O. The van der Waals surface area contributed by atoms with Crippen molar-refractivity contribution in [3.63, 3.8) is 0 Å². The van der Waals surface area contributed by atoms with Crippen molar-refractivity contribution in [2.45, 2.75) is 26.2 Å². The number of carbonyl (C=O) groups is 1. The molecule has 1 aliphatic heterocycles. The number of rotatable bonds is 3. The topological polar surface area (TPSA) is 32.3 Å². The van der Waals surface area contributed by atoms with Gasteiger partial charge in [-0.3, -0.25) is 9.69 Å². The number of carbonyl (C=O) groups excluding carboxylic acids is 1.